The molecule has 0 N–H and O–H groups in total. The molecular weight excluding hydrogens is 311 g/mol. The summed E-state index contributed by atoms with van der Waals surface area (Å²) in [6.07, 6.45) is 29.6. The summed E-state index contributed by atoms with van der Waals surface area (Å²) in [7, 11) is 2.90. The molecule has 0 aromatic heterocycles. The van der Waals surface area contributed by atoms with Gasteiger partial charge in [-0.3, -0.25) is 0 Å². The highest BCUT2D eigenvalue weighted by atomic mass is 14.3. The van der Waals surface area contributed by atoms with E-state index in [0.29, 0.717) is 5.31 Å². The van der Waals surface area contributed by atoms with Crippen LogP contribution in [0.4, 0.5) is 0 Å². The standard InChI is InChI=1S/C25H48B/c1-3-25(2,23-19-15-11-7-4-5-8-12-16-20-23)26-24-21-17-13-9-6-10-14-18-22-24/h23-24H,3-22H2,1-2H3. The van der Waals surface area contributed by atoms with Crippen molar-refractivity contribution in [1.82, 2.24) is 0 Å². The molecule has 0 aromatic rings. The van der Waals surface area contributed by atoms with Crippen LogP contribution >= 0.6 is 0 Å². The molecule has 0 bridgehead atoms. The van der Waals surface area contributed by atoms with Gasteiger partial charge < -0.3 is 0 Å². The van der Waals surface area contributed by atoms with E-state index in [0.717, 1.165) is 11.7 Å². The van der Waals surface area contributed by atoms with Crippen LogP contribution in [0.1, 0.15) is 142 Å². The lowest BCUT2D eigenvalue weighted by Crippen LogP contribution is -2.29. The molecule has 0 aliphatic heterocycles. The summed E-state index contributed by atoms with van der Waals surface area (Å²) in [5.74, 6) is 1.84. The lowest BCUT2D eigenvalue weighted by molar-refractivity contribution is 0.300. The molecule has 151 valence electrons. The van der Waals surface area contributed by atoms with Crippen LogP contribution < -0.4 is 0 Å². The van der Waals surface area contributed by atoms with Crippen molar-refractivity contribution >= 4 is 7.28 Å². The number of rotatable bonds is 4. The van der Waals surface area contributed by atoms with Crippen molar-refractivity contribution in [3.8, 4) is 0 Å². The highest BCUT2D eigenvalue weighted by molar-refractivity contribution is 6.42. The van der Waals surface area contributed by atoms with Crippen molar-refractivity contribution in [2.75, 3.05) is 0 Å². The second kappa shape index (κ2) is 13.3. The third-order valence-electron chi connectivity index (χ3n) is 7.82. The first-order chi connectivity index (χ1) is 12.7. The van der Waals surface area contributed by atoms with E-state index in [9.17, 15) is 0 Å². The Labute approximate surface area is 166 Å². The first-order valence-electron chi connectivity index (χ1n) is 12.6. The van der Waals surface area contributed by atoms with Crippen molar-refractivity contribution in [3.05, 3.63) is 0 Å². The maximum atomic E-state index is 2.90. The zero-order chi connectivity index (χ0) is 18.5. The molecule has 1 atom stereocenters. The lowest BCUT2D eigenvalue weighted by atomic mass is 9.39. The first-order valence-corrected chi connectivity index (χ1v) is 12.6. The van der Waals surface area contributed by atoms with Crippen LogP contribution in [-0.4, -0.2) is 7.28 Å². The van der Waals surface area contributed by atoms with Gasteiger partial charge in [-0.05, 0) is 5.92 Å². The van der Waals surface area contributed by atoms with Gasteiger partial charge in [0.25, 0.3) is 0 Å². The second-order valence-electron chi connectivity index (χ2n) is 9.94. The molecule has 1 heteroatoms. The monoisotopic (exact) mass is 359 g/mol. The Kier molecular flexibility index (Phi) is 11.4. The maximum absolute atomic E-state index is 2.90. The van der Waals surface area contributed by atoms with Gasteiger partial charge in [0, 0.05) is 0 Å². The Balaban J connectivity index is 1.94. The zero-order valence-electron chi connectivity index (χ0n) is 18.4. The quantitative estimate of drug-likeness (QED) is 0.439. The van der Waals surface area contributed by atoms with E-state index >= 15 is 0 Å². The van der Waals surface area contributed by atoms with Gasteiger partial charge in [0.1, 0.15) is 7.28 Å². The van der Waals surface area contributed by atoms with Crippen molar-refractivity contribution < 1.29 is 0 Å². The van der Waals surface area contributed by atoms with Crippen LogP contribution in [0.2, 0.25) is 11.1 Å². The maximum Gasteiger partial charge on any atom is 0.122 e. The van der Waals surface area contributed by atoms with E-state index in [4.69, 9.17) is 0 Å². The van der Waals surface area contributed by atoms with Gasteiger partial charge in [0.15, 0.2) is 0 Å². The molecule has 2 saturated carbocycles. The molecule has 2 fully saturated rings. The van der Waals surface area contributed by atoms with Crippen LogP contribution in [0.15, 0.2) is 0 Å². The highest BCUT2D eigenvalue weighted by Crippen LogP contribution is 2.47. The molecule has 26 heavy (non-hydrogen) atoms. The van der Waals surface area contributed by atoms with Gasteiger partial charge in [0.2, 0.25) is 0 Å². The highest BCUT2D eigenvalue weighted by Gasteiger charge is 2.34. The summed E-state index contributed by atoms with van der Waals surface area (Å²) < 4.78 is 0. The normalized spacial score (nSPS) is 26.4. The molecule has 1 radical (unpaired) electrons. The van der Waals surface area contributed by atoms with Gasteiger partial charge in [-0.1, -0.05) is 153 Å². The summed E-state index contributed by atoms with van der Waals surface area (Å²) in [5.41, 5.74) is 0. The number of hydrogen-bond donors (Lipinski definition) is 0. The fraction of sp³-hybridized carbons (Fsp3) is 1.00. The van der Waals surface area contributed by atoms with Crippen LogP contribution in [0.25, 0.3) is 0 Å². The molecule has 1 unspecified atom stereocenters. The Morgan fingerprint density at radius 2 is 0.923 bits per heavy atom. The SMILES string of the molecule is CCC(C)([B]C1CCCCCCCCC1)C1CCCCCCCCCC1. The molecule has 0 saturated heterocycles. The third kappa shape index (κ3) is 8.39. The largest absolute Gasteiger partial charge is 0.122 e. The van der Waals surface area contributed by atoms with Gasteiger partial charge in [-0.25, -0.2) is 0 Å². The molecule has 0 amide bonds. The number of hydrogen-bond acceptors (Lipinski definition) is 0. The first kappa shape index (κ1) is 22.4. The molecule has 0 spiro atoms. The van der Waals surface area contributed by atoms with Crippen LogP contribution in [0, 0.1) is 5.92 Å². The van der Waals surface area contributed by atoms with Gasteiger partial charge in [-0.15, -0.1) is 0 Å². The summed E-state index contributed by atoms with van der Waals surface area (Å²) in [6, 6.07) is 0. The minimum Gasteiger partial charge on any atom is -0.0682 e. The molecule has 2 aliphatic carbocycles. The average Bonchev–Trinajstić information content (AvgIpc) is 2.72. The fourth-order valence-corrected chi connectivity index (χ4v) is 5.73. The van der Waals surface area contributed by atoms with Crippen molar-refractivity contribution in [1.29, 1.82) is 0 Å². The topological polar surface area (TPSA) is 0 Å². The molecule has 0 aromatic carbocycles. The Bertz CT molecular complexity index is 317. The Hall–Kier alpha value is 0.0649. The van der Waals surface area contributed by atoms with E-state index < -0.39 is 0 Å². The van der Waals surface area contributed by atoms with Crippen molar-refractivity contribution in [3.63, 3.8) is 0 Å². The predicted molar refractivity (Wildman–Crippen MR) is 119 cm³/mol. The molecule has 0 heterocycles. The molecular formula is C25H48B. The summed E-state index contributed by atoms with van der Waals surface area (Å²) >= 11 is 0. The molecule has 2 aliphatic rings. The minimum absolute atomic E-state index is 0.489. The molecule has 2 rings (SSSR count). The van der Waals surface area contributed by atoms with E-state index in [2.05, 4.69) is 21.1 Å². The molecule has 0 nitrogen and oxygen atoms in total. The van der Waals surface area contributed by atoms with Crippen LogP contribution in [0.3, 0.4) is 0 Å². The Morgan fingerprint density at radius 3 is 1.31 bits per heavy atom. The van der Waals surface area contributed by atoms with E-state index in [-0.39, 0.29) is 0 Å². The van der Waals surface area contributed by atoms with Crippen LogP contribution in [0.5, 0.6) is 0 Å². The fourth-order valence-electron chi connectivity index (χ4n) is 5.73. The van der Waals surface area contributed by atoms with Crippen molar-refractivity contribution in [2.45, 2.75) is 153 Å². The lowest BCUT2D eigenvalue weighted by Gasteiger charge is -2.40. The predicted octanol–water partition coefficient (Wildman–Crippen LogP) is 9.12. The summed E-state index contributed by atoms with van der Waals surface area (Å²) in [5, 5.41) is 0.489. The van der Waals surface area contributed by atoms with Crippen molar-refractivity contribution in [2.24, 2.45) is 5.92 Å². The summed E-state index contributed by atoms with van der Waals surface area (Å²) in [4.78, 5) is 0. The minimum atomic E-state index is 0.489. The van der Waals surface area contributed by atoms with E-state index in [1.165, 1.54) is 128 Å². The van der Waals surface area contributed by atoms with E-state index in [1.807, 2.05) is 0 Å². The van der Waals surface area contributed by atoms with E-state index in [1.54, 1.807) is 0 Å². The average molecular weight is 359 g/mol. The smallest absolute Gasteiger partial charge is 0.0682 e. The second-order valence-corrected chi connectivity index (χ2v) is 9.94. The zero-order valence-corrected chi connectivity index (χ0v) is 18.4. The van der Waals surface area contributed by atoms with Crippen LogP contribution in [-0.2, 0) is 0 Å². The Morgan fingerprint density at radius 1 is 0.577 bits per heavy atom. The van der Waals surface area contributed by atoms with Gasteiger partial charge >= 0.3 is 0 Å². The summed E-state index contributed by atoms with van der Waals surface area (Å²) in [6.45, 7) is 5.11. The van der Waals surface area contributed by atoms with Gasteiger partial charge in [-0.2, -0.15) is 0 Å². The van der Waals surface area contributed by atoms with Gasteiger partial charge in [0.05, 0.1) is 0 Å². The third-order valence-corrected chi connectivity index (χ3v) is 7.82.